The third-order valence-electron chi connectivity index (χ3n) is 4.14. The largest absolute Gasteiger partial charge is 0.481 e. The first-order chi connectivity index (χ1) is 11.2. The summed E-state index contributed by atoms with van der Waals surface area (Å²) in [6.07, 6.45) is 5.55. The van der Waals surface area contributed by atoms with Crippen LogP contribution in [0.3, 0.4) is 0 Å². The zero-order chi connectivity index (χ0) is 16.0. The van der Waals surface area contributed by atoms with E-state index in [9.17, 15) is 4.79 Å². The molecule has 0 radical (unpaired) electrons. The van der Waals surface area contributed by atoms with Crippen LogP contribution in [-0.4, -0.2) is 21.6 Å². The van der Waals surface area contributed by atoms with Crippen molar-refractivity contribution >= 4 is 21.7 Å². The lowest BCUT2D eigenvalue weighted by molar-refractivity contribution is 0.398. The molecule has 3 aromatic heterocycles. The summed E-state index contributed by atoms with van der Waals surface area (Å²) < 4.78 is 7.28. The number of rotatable bonds is 2. The molecule has 5 heteroatoms. The van der Waals surface area contributed by atoms with Gasteiger partial charge in [-0.25, -0.2) is 4.98 Å². The van der Waals surface area contributed by atoms with E-state index in [1.54, 1.807) is 13.3 Å². The molecule has 0 aliphatic carbocycles. The van der Waals surface area contributed by atoms with Crippen LogP contribution in [-0.2, 0) is 7.05 Å². The highest BCUT2D eigenvalue weighted by atomic mass is 16.5. The van der Waals surface area contributed by atoms with E-state index in [-0.39, 0.29) is 5.56 Å². The average Bonchev–Trinajstić information content (AvgIpc) is 2.91. The van der Waals surface area contributed by atoms with E-state index in [2.05, 4.69) is 16.2 Å². The van der Waals surface area contributed by atoms with Crippen molar-refractivity contribution in [3.05, 3.63) is 59.3 Å². The molecule has 0 saturated carbocycles. The van der Waals surface area contributed by atoms with E-state index in [1.807, 2.05) is 48.1 Å². The minimum Gasteiger partial charge on any atom is -0.481 e. The quantitative estimate of drug-likeness (QED) is 0.619. The summed E-state index contributed by atoms with van der Waals surface area (Å²) >= 11 is 0. The number of fused-ring (bicyclic) bond motifs is 2. The molecule has 0 spiro atoms. The molecule has 0 bridgehead atoms. The maximum Gasteiger partial charge on any atom is 0.255 e. The Morgan fingerprint density at radius 2 is 2.04 bits per heavy atom. The Morgan fingerprint density at radius 1 is 1.17 bits per heavy atom. The average molecular weight is 305 g/mol. The molecular formula is C18H15N3O2. The number of hydrogen-bond donors (Lipinski definition) is 1. The number of aryl methyl sites for hydroxylation is 1. The van der Waals surface area contributed by atoms with Crippen LogP contribution in [0.25, 0.3) is 32.8 Å². The molecule has 23 heavy (non-hydrogen) atoms. The van der Waals surface area contributed by atoms with Crippen molar-refractivity contribution in [1.29, 1.82) is 0 Å². The molecule has 0 atom stereocenters. The number of aromatic amines is 1. The van der Waals surface area contributed by atoms with E-state index >= 15 is 0 Å². The first-order valence-electron chi connectivity index (χ1n) is 7.28. The van der Waals surface area contributed by atoms with Gasteiger partial charge in [0.2, 0.25) is 5.88 Å². The van der Waals surface area contributed by atoms with Crippen LogP contribution in [0.5, 0.6) is 5.88 Å². The molecule has 4 aromatic rings. The number of hydrogen-bond acceptors (Lipinski definition) is 3. The van der Waals surface area contributed by atoms with Gasteiger partial charge in [0.1, 0.15) is 0 Å². The zero-order valence-electron chi connectivity index (χ0n) is 12.8. The molecule has 0 amide bonds. The van der Waals surface area contributed by atoms with E-state index in [4.69, 9.17) is 4.74 Å². The second kappa shape index (κ2) is 4.98. The number of methoxy groups -OCH3 is 1. The van der Waals surface area contributed by atoms with Crippen LogP contribution in [0.1, 0.15) is 0 Å². The number of benzene rings is 1. The van der Waals surface area contributed by atoms with Crippen LogP contribution in [0.4, 0.5) is 0 Å². The summed E-state index contributed by atoms with van der Waals surface area (Å²) in [6.45, 7) is 0. The van der Waals surface area contributed by atoms with Crippen LogP contribution < -0.4 is 10.3 Å². The Kier molecular flexibility index (Phi) is 2.94. The van der Waals surface area contributed by atoms with Gasteiger partial charge in [0, 0.05) is 41.8 Å². The SMILES string of the molecule is COc1cc2c(-c3ccc4c(=O)[nH]ccc4c3)cn(C)c2cn1. The highest BCUT2D eigenvalue weighted by molar-refractivity contribution is 5.98. The Morgan fingerprint density at radius 3 is 2.87 bits per heavy atom. The molecule has 4 rings (SSSR count). The molecule has 5 nitrogen and oxygen atoms in total. The Labute approximate surface area is 132 Å². The summed E-state index contributed by atoms with van der Waals surface area (Å²) in [6, 6.07) is 9.71. The number of nitrogens with one attached hydrogen (secondary N) is 1. The first kappa shape index (κ1) is 13.6. The van der Waals surface area contributed by atoms with Crippen molar-refractivity contribution < 1.29 is 4.74 Å². The summed E-state index contributed by atoms with van der Waals surface area (Å²) in [7, 11) is 3.60. The van der Waals surface area contributed by atoms with E-state index in [1.165, 1.54) is 0 Å². The lowest BCUT2D eigenvalue weighted by Gasteiger charge is -2.03. The maximum atomic E-state index is 11.8. The predicted molar refractivity (Wildman–Crippen MR) is 90.8 cm³/mol. The van der Waals surface area contributed by atoms with Crippen molar-refractivity contribution in [2.24, 2.45) is 7.05 Å². The first-order valence-corrected chi connectivity index (χ1v) is 7.28. The Hall–Kier alpha value is -3.08. The number of nitrogens with zero attached hydrogens (tertiary/aromatic N) is 2. The van der Waals surface area contributed by atoms with Crippen LogP contribution in [0, 0.1) is 0 Å². The maximum absolute atomic E-state index is 11.8. The Balaban J connectivity index is 2.00. The standard InChI is InChI=1S/C18H15N3O2/c1-21-10-15(14-8-17(23-2)20-9-16(14)21)11-3-4-13-12(7-11)5-6-19-18(13)22/h3-10H,1-2H3,(H,19,22). The molecule has 114 valence electrons. The molecule has 0 aliphatic rings. The number of pyridine rings is 2. The zero-order valence-corrected chi connectivity index (χ0v) is 12.8. The lowest BCUT2D eigenvalue weighted by Crippen LogP contribution is -2.03. The van der Waals surface area contributed by atoms with E-state index < -0.39 is 0 Å². The molecule has 3 heterocycles. The van der Waals surface area contributed by atoms with Gasteiger partial charge in [-0.15, -0.1) is 0 Å². The third kappa shape index (κ3) is 2.09. The molecule has 0 fully saturated rings. The molecule has 0 unspecified atom stereocenters. The number of ether oxygens (including phenoxy) is 1. The van der Waals surface area contributed by atoms with Gasteiger partial charge in [0.25, 0.3) is 5.56 Å². The van der Waals surface area contributed by atoms with Crippen LogP contribution in [0.15, 0.2) is 53.7 Å². The predicted octanol–water partition coefficient (Wildman–Crippen LogP) is 3.09. The van der Waals surface area contributed by atoms with Gasteiger partial charge in [-0.1, -0.05) is 6.07 Å². The van der Waals surface area contributed by atoms with Crippen molar-refractivity contribution in [3.8, 4) is 17.0 Å². The molecular weight excluding hydrogens is 290 g/mol. The second-order valence-corrected chi connectivity index (χ2v) is 5.51. The van der Waals surface area contributed by atoms with Gasteiger partial charge in [0.05, 0.1) is 18.8 Å². The molecule has 0 saturated heterocycles. The topological polar surface area (TPSA) is 59.9 Å². The smallest absolute Gasteiger partial charge is 0.255 e. The van der Waals surface area contributed by atoms with E-state index in [0.717, 1.165) is 27.4 Å². The second-order valence-electron chi connectivity index (χ2n) is 5.51. The highest BCUT2D eigenvalue weighted by Crippen LogP contribution is 2.32. The summed E-state index contributed by atoms with van der Waals surface area (Å²) in [5.41, 5.74) is 3.11. The van der Waals surface area contributed by atoms with Gasteiger partial charge >= 0.3 is 0 Å². The molecule has 1 aromatic carbocycles. The van der Waals surface area contributed by atoms with Gasteiger partial charge in [-0.2, -0.15) is 0 Å². The summed E-state index contributed by atoms with van der Waals surface area (Å²) in [4.78, 5) is 18.8. The van der Waals surface area contributed by atoms with Gasteiger partial charge in [-0.05, 0) is 29.1 Å². The summed E-state index contributed by atoms with van der Waals surface area (Å²) in [5.74, 6) is 0.585. The van der Waals surface area contributed by atoms with Crippen LogP contribution in [0.2, 0.25) is 0 Å². The molecule has 1 N–H and O–H groups in total. The molecule has 0 aliphatic heterocycles. The number of aromatic nitrogens is 3. The fourth-order valence-corrected chi connectivity index (χ4v) is 2.96. The third-order valence-corrected chi connectivity index (χ3v) is 4.14. The van der Waals surface area contributed by atoms with Gasteiger partial charge in [-0.3, -0.25) is 4.79 Å². The monoisotopic (exact) mass is 305 g/mol. The minimum absolute atomic E-state index is 0.0714. The van der Waals surface area contributed by atoms with E-state index in [0.29, 0.717) is 11.3 Å². The fourth-order valence-electron chi connectivity index (χ4n) is 2.96. The highest BCUT2D eigenvalue weighted by Gasteiger charge is 2.11. The summed E-state index contributed by atoms with van der Waals surface area (Å²) in [5, 5.41) is 2.68. The van der Waals surface area contributed by atoms with Gasteiger partial charge < -0.3 is 14.3 Å². The van der Waals surface area contributed by atoms with Gasteiger partial charge in [0.15, 0.2) is 0 Å². The van der Waals surface area contributed by atoms with Crippen LogP contribution >= 0.6 is 0 Å². The normalized spacial score (nSPS) is 11.2. The lowest BCUT2D eigenvalue weighted by atomic mass is 10.0. The fraction of sp³-hybridized carbons (Fsp3) is 0.111. The minimum atomic E-state index is -0.0714. The number of H-pyrrole nitrogens is 1. The van der Waals surface area contributed by atoms with Crippen molar-refractivity contribution in [2.75, 3.05) is 7.11 Å². The van der Waals surface area contributed by atoms with Crippen molar-refractivity contribution in [2.45, 2.75) is 0 Å². The van der Waals surface area contributed by atoms with Crippen molar-refractivity contribution in [3.63, 3.8) is 0 Å². The Bertz CT molecular complexity index is 1090. The van der Waals surface area contributed by atoms with Crippen molar-refractivity contribution in [1.82, 2.24) is 14.5 Å².